The van der Waals surface area contributed by atoms with Crippen LogP contribution < -0.4 is 20.5 Å². The zero-order chi connectivity index (χ0) is 22.9. The van der Waals surface area contributed by atoms with Gasteiger partial charge in [0, 0.05) is 35.2 Å². The van der Waals surface area contributed by atoms with E-state index in [1.807, 2.05) is 44.2 Å². The van der Waals surface area contributed by atoms with Crippen molar-refractivity contribution in [3.63, 3.8) is 0 Å². The van der Waals surface area contributed by atoms with Gasteiger partial charge in [0.25, 0.3) is 11.5 Å². The first-order chi connectivity index (χ1) is 15.4. The largest absolute Gasteiger partial charge is 0.490 e. The fourth-order valence-corrected chi connectivity index (χ4v) is 4.74. The number of aromatic amines is 1. The number of nitrogens with one attached hydrogen (secondary N) is 2. The Morgan fingerprint density at radius 2 is 1.88 bits per heavy atom. The summed E-state index contributed by atoms with van der Waals surface area (Å²) in [6.45, 7) is 8.44. The predicted octanol–water partition coefficient (Wildman–Crippen LogP) is 3.34. The molecule has 3 heterocycles. The number of carbonyl (C=O) groups excluding carboxylic acids is 2. The normalized spacial score (nSPS) is 18.1. The number of fused-ring (bicyclic) bond motifs is 1. The summed E-state index contributed by atoms with van der Waals surface area (Å²) in [5.41, 5.74) is 2.46. The summed E-state index contributed by atoms with van der Waals surface area (Å²) >= 11 is 0. The summed E-state index contributed by atoms with van der Waals surface area (Å²) in [5, 5.41) is 2.17. The molecule has 0 aliphatic carbocycles. The lowest BCUT2D eigenvalue weighted by Crippen LogP contribution is -2.38. The number of aromatic nitrogens is 1. The lowest BCUT2D eigenvalue weighted by molar-refractivity contribution is -0.124. The van der Waals surface area contributed by atoms with E-state index in [-0.39, 0.29) is 12.0 Å². The number of anilines is 1. The Bertz CT molecular complexity index is 1090. The maximum atomic E-state index is 13.2. The number of cyclic esters (lactones) is 1. The molecular weight excluding hydrogens is 410 g/mol. The van der Waals surface area contributed by atoms with E-state index in [0.717, 1.165) is 30.1 Å². The Kier molecular flexibility index (Phi) is 5.95. The van der Waals surface area contributed by atoms with E-state index in [4.69, 9.17) is 9.47 Å². The van der Waals surface area contributed by atoms with Gasteiger partial charge in [0.1, 0.15) is 12.4 Å². The summed E-state index contributed by atoms with van der Waals surface area (Å²) in [7, 11) is 0. The number of hydrogen-bond donors (Lipinski definition) is 2. The Morgan fingerprint density at radius 3 is 2.50 bits per heavy atom. The minimum absolute atomic E-state index is 0.197. The van der Waals surface area contributed by atoms with Crippen molar-refractivity contribution >= 4 is 17.7 Å². The van der Waals surface area contributed by atoms with E-state index in [0.29, 0.717) is 30.7 Å². The average Bonchev–Trinajstić information content (AvgIpc) is 3.13. The molecule has 1 aromatic carbocycles. The number of benzene rings is 1. The van der Waals surface area contributed by atoms with Crippen LogP contribution in [-0.2, 0) is 14.9 Å². The number of pyridine rings is 1. The predicted molar refractivity (Wildman–Crippen MR) is 121 cm³/mol. The van der Waals surface area contributed by atoms with Gasteiger partial charge >= 0.3 is 6.09 Å². The highest BCUT2D eigenvalue weighted by atomic mass is 16.6. The van der Waals surface area contributed by atoms with Crippen LogP contribution in [-0.4, -0.2) is 42.8 Å². The molecule has 0 spiro atoms. The van der Waals surface area contributed by atoms with Crippen molar-refractivity contribution in [3.05, 3.63) is 46.2 Å². The van der Waals surface area contributed by atoms with Crippen LogP contribution >= 0.6 is 0 Å². The highest BCUT2D eigenvalue weighted by Crippen LogP contribution is 2.38. The number of ether oxygens (including phenoxy) is 2. The van der Waals surface area contributed by atoms with Gasteiger partial charge in [-0.2, -0.15) is 0 Å². The Balaban J connectivity index is 1.67. The number of carbonyl (C=O) groups is 2. The molecule has 8 heteroatoms. The lowest BCUT2D eigenvalue weighted by atomic mass is 9.72. The van der Waals surface area contributed by atoms with Crippen LogP contribution in [0.5, 0.6) is 5.75 Å². The first-order valence-corrected chi connectivity index (χ1v) is 11.2. The highest BCUT2D eigenvalue weighted by Gasteiger charge is 2.41. The van der Waals surface area contributed by atoms with Crippen molar-refractivity contribution in [1.82, 2.24) is 10.3 Å². The van der Waals surface area contributed by atoms with Crippen LogP contribution in [0.2, 0.25) is 0 Å². The van der Waals surface area contributed by atoms with Crippen molar-refractivity contribution in [2.45, 2.75) is 51.6 Å². The highest BCUT2D eigenvalue weighted by molar-refractivity contribution is 6.00. The summed E-state index contributed by atoms with van der Waals surface area (Å²) in [4.78, 5) is 42.0. The summed E-state index contributed by atoms with van der Waals surface area (Å²) < 4.78 is 10.9. The molecule has 2 aliphatic heterocycles. The Hall–Kier alpha value is -3.29. The number of alkyl carbamates (subject to hydrolysis) is 1. The molecule has 2 N–H and O–H groups in total. The third kappa shape index (κ3) is 3.85. The lowest BCUT2D eigenvalue weighted by Gasteiger charge is -2.33. The van der Waals surface area contributed by atoms with Gasteiger partial charge < -0.3 is 19.4 Å². The third-order valence-electron chi connectivity index (χ3n) is 6.79. The van der Waals surface area contributed by atoms with Gasteiger partial charge in [-0.15, -0.1) is 0 Å². The van der Waals surface area contributed by atoms with Gasteiger partial charge in [0.15, 0.2) is 6.10 Å². The van der Waals surface area contributed by atoms with Gasteiger partial charge in [0.2, 0.25) is 0 Å². The van der Waals surface area contributed by atoms with Crippen molar-refractivity contribution in [2.24, 2.45) is 0 Å². The van der Waals surface area contributed by atoms with Crippen molar-refractivity contribution in [3.8, 4) is 17.0 Å². The number of H-pyrrole nitrogens is 1. The summed E-state index contributed by atoms with van der Waals surface area (Å²) in [6, 6.07) is 9.66. The van der Waals surface area contributed by atoms with Crippen LogP contribution in [0.25, 0.3) is 11.3 Å². The van der Waals surface area contributed by atoms with E-state index >= 15 is 0 Å². The molecular formula is C24H29N3O5. The van der Waals surface area contributed by atoms with Crippen LogP contribution in [0.15, 0.2) is 35.1 Å². The summed E-state index contributed by atoms with van der Waals surface area (Å²) in [6.07, 6.45) is -0.0872. The van der Waals surface area contributed by atoms with Crippen molar-refractivity contribution in [2.75, 3.05) is 24.6 Å². The van der Waals surface area contributed by atoms with Crippen LogP contribution in [0.1, 0.15) is 45.6 Å². The number of likely N-dealkylation sites (N-methyl/N-ethyl adjacent to an activating group) is 1. The molecule has 2 aromatic rings. The molecule has 1 unspecified atom stereocenters. The topological polar surface area (TPSA) is 101 Å². The van der Waals surface area contributed by atoms with Gasteiger partial charge in [0.05, 0.1) is 12.2 Å². The van der Waals surface area contributed by atoms with Gasteiger partial charge in [-0.1, -0.05) is 19.9 Å². The molecule has 0 saturated carbocycles. The molecule has 4 rings (SSSR count). The molecule has 32 heavy (non-hydrogen) atoms. The number of hydrogen-bond acceptors (Lipinski definition) is 6. The second-order valence-electron chi connectivity index (χ2n) is 8.30. The molecule has 1 atom stereocenters. The molecule has 1 aromatic heterocycles. The number of amides is 2. The van der Waals surface area contributed by atoms with Crippen molar-refractivity contribution < 1.29 is 19.1 Å². The number of rotatable bonds is 7. The molecule has 0 bridgehead atoms. The Morgan fingerprint density at radius 1 is 1.09 bits per heavy atom. The molecule has 170 valence electrons. The van der Waals surface area contributed by atoms with Gasteiger partial charge in [-0.3, -0.25) is 14.9 Å². The molecule has 2 aliphatic rings. The molecule has 1 saturated heterocycles. The second-order valence-corrected chi connectivity index (χ2v) is 8.30. The smallest absolute Gasteiger partial charge is 0.414 e. The zero-order valence-electron chi connectivity index (χ0n) is 18.7. The number of imide groups is 1. The maximum Gasteiger partial charge on any atom is 0.414 e. The van der Waals surface area contributed by atoms with Crippen LogP contribution in [0.3, 0.4) is 0 Å². The van der Waals surface area contributed by atoms with E-state index in [1.165, 1.54) is 0 Å². The molecule has 0 radical (unpaired) electrons. The quantitative estimate of drug-likeness (QED) is 0.686. The zero-order valence-corrected chi connectivity index (χ0v) is 18.7. The third-order valence-corrected chi connectivity index (χ3v) is 6.79. The molecule has 8 nitrogen and oxygen atoms in total. The first kappa shape index (κ1) is 21.9. The molecule has 1 fully saturated rings. The molecule has 2 amide bonds. The van der Waals surface area contributed by atoms with E-state index in [2.05, 4.69) is 22.1 Å². The Labute approximate surface area is 186 Å². The van der Waals surface area contributed by atoms with Crippen molar-refractivity contribution in [1.29, 1.82) is 0 Å². The minimum Gasteiger partial charge on any atom is -0.490 e. The van der Waals surface area contributed by atoms with E-state index in [1.54, 1.807) is 0 Å². The standard InChI is InChI=1S/C24H29N3O5/c1-4-24(5-2,14-20-22(29)26-23(30)32-20)16-8-9-17(25-21(16)28)15-7-10-19-18(13-15)27(6-3)11-12-31-19/h7-10,13,20H,4-6,11-12,14H2,1-3H3,(H,25,28)(H,26,29,30). The van der Waals surface area contributed by atoms with Crippen LogP contribution in [0, 0.1) is 0 Å². The van der Waals surface area contributed by atoms with Gasteiger partial charge in [-0.05, 0) is 44.0 Å². The average molecular weight is 440 g/mol. The SMILES string of the molecule is CCN1CCOc2ccc(-c3ccc(C(CC)(CC)CC4OC(=O)NC4=O)c(=O)[nH]3)cc21. The second kappa shape index (κ2) is 8.68. The summed E-state index contributed by atoms with van der Waals surface area (Å²) in [5.74, 6) is 0.396. The fourth-order valence-electron chi connectivity index (χ4n) is 4.74. The fraction of sp³-hybridized carbons (Fsp3) is 0.458. The first-order valence-electron chi connectivity index (χ1n) is 11.2. The van der Waals surface area contributed by atoms with E-state index < -0.39 is 23.5 Å². The van der Waals surface area contributed by atoms with Crippen LogP contribution in [0.4, 0.5) is 10.5 Å². The van der Waals surface area contributed by atoms with E-state index in [9.17, 15) is 14.4 Å². The monoisotopic (exact) mass is 439 g/mol. The maximum absolute atomic E-state index is 13.2. The minimum atomic E-state index is -0.887. The number of nitrogens with zero attached hydrogens (tertiary/aromatic N) is 1. The van der Waals surface area contributed by atoms with Gasteiger partial charge in [-0.25, -0.2) is 4.79 Å².